The van der Waals surface area contributed by atoms with Gasteiger partial charge in [0.1, 0.15) is 6.04 Å². The largest absolute Gasteiger partial charge is 0.465 e. The zero-order valence-electron chi connectivity index (χ0n) is 10.8. The summed E-state index contributed by atoms with van der Waals surface area (Å²) in [5.74, 6) is -0.176. The second kappa shape index (κ2) is 7.06. The monoisotopic (exact) mass is 239 g/mol. The molecule has 0 aliphatic carbocycles. The minimum atomic E-state index is -0.234. The van der Waals surface area contributed by atoms with E-state index in [0.29, 0.717) is 13.2 Å². The number of carbonyl (C=O) groups is 1. The smallest absolute Gasteiger partial charge is 0.323 e. The first-order chi connectivity index (χ1) is 8.17. The van der Waals surface area contributed by atoms with Gasteiger partial charge in [-0.25, -0.2) is 0 Å². The molecule has 0 fully saturated rings. The molecule has 0 aromatic carbocycles. The van der Waals surface area contributed by atoms with Crippen LogP contribution in [0.3, 0.4) is 0 Å². The van der Waals surface area contributed by atoms with Crippen LogP contribution in [0.1, 0.15) is 32.4 Å². The van der Waals surface area contributed by atoms with Crippen molar-refractivity contribution in [2.45, 2.75) is 39.3 Å². The molecule has 1 aromatic heterocycles. The van der Waals surface area contributed by atoms with Gasteiger partial charge in [-0.15, -0.1) is 0 Å². The standard InChI is InChI=1S/C12H21N3O2/c1-4-6-11(12(16)17-5-2)13-9-10-7-8-15(3)14-10/h7-8,11,13H,4-6,9H2,1-3H3. The highest BCUT2D eigenvalue weighted by molar-refractivity contribution is 5.75. The fourth-order valence-corrected chi connectivity index (χ4v) is 1.62. The Bertz CT molecular complexity index is 349. The number of nitrogens with one attached hydrogen (secondary N) is 1. The van der Waals surface area contributed by atoms with Crippen LogP contribution in [-0.2, 0) is 23.1 Å². The van der Waals surface area contributed by atoms with Gasteiger partial charge in [-0.05, 0) is 19.4 Å². The van der Waals surface area contributed by atoms with Crippen molar-refractivity contribution >= 4 is 5.97 Å². The van der Waals surface area contributed by atoms with Crippen LogP contribution in [0, 0.1) is 0 Å². The van der Waals surface area contributed by atoms with Gasteiger partial charge in [0.05, 0.1) is 12.3 Å². The first-order valence-corrected chi connectivity index (χ1v) is 6.05. The fourth-order valence-electron chi connectivity index (χ4n) is 1.62. The first-order valence-electron chi connectivity index (χ1n) is 6.05. The van der Waals surface area contributed by atoms with Crippen molar-refractivity contribution in [1.29, 1.82) is 0 Å². The molecule has 1 heterocycles. The van der Waals surface area contributed by atoms with Gasteiger partial charge in [-0.1, -0.05) is 13.3 Å². The molecule has 5 nitrogen and oxygen atoms in total. The van der Waals surface area contributed by atoms with Gasteiger partial charge in [0, 0.05) is 19.8 Å². The van der Waals surface area contributed by atoms with Gasteiger partial charge in [0.2, 0.25) is 0 Å². The van der Waals surface area contributed by atoms with Gasteiger partial charge in [-0.2, -0.15) is 5.10 Å². The molecule has 0 spiro atoms. The number of esters is 1. The van der Waals surface area contributed by atoms with E-state index in [0.717, 1.165) is 18.5 Å². The van der Waals surface area contributed by atoms with E-state index in [-0.39, 0.29) is 12.0 Å². The third kappa shape index (κ3) is 4.56. The number of hydrogen-bond donors (Lipinski definition) is 1. The van der Waals surface area contributed by atoms with E-state index >= 15 is 0 Å². The Morgan fingerprint density at radius 1 is 1.59 bits per heavy atom. The zero-order chi connectivity index (χ0) is 12.7. The van der Waals surface area contributed by atoms with E-state index in [1.54, 1.807) is 4.68 Å². The summed E-state index contributed by atoms with van der Waals surface area (Å²) in [5.41, 5.74) is 0.929. The molecule has 0 bridgehead atoms. The molecule has 0 aliphatic heterocycles. The molecule has 1 rings (SSSR count). The van der Waals surface area contributed by atoms with Crippen molar-refractivity contribution in [3.8, 4) is 0 Å². The van der Waals surface area contributed by atoms with Gasteiger partial charge in [-0.3, -0.25) is 14.8 Å². The van der Waals surface area contributed by atoms with Crippen LogP contribution in [0.5, 0.6) is 0 Å². The van der Waals surface area contributed by atoms with Crippen LogP contribution in [-0.4, -0.2) is 28.4 Å². The summed E-state index contributed by atoms with van der Waals surface area (Å²) in [6.45, 7) is 4.88. The molecule has 5 heteroatoms. The van der Waals surface area contributed by atoms with E-state index < -0.39 is 0 Å². The number of hydrogen-bond acceptors (Lipinski definition) is 4. The zero-order valence-corrected chi connectivity index (χ0v) is 10.8. The van der Waals surface area contributed by atoms with Crippen LogP contribution in [0.2, 0.25) is 0 Å². The van der Waals surface area contributed by atoms with Crippen molar-refractivity contribution in [3.05, 3.63) is 18.0 Å². The Balaban J connectivity index is 2.46. The summed E-state index contributed by atoms with van der Waals surface area (Å²) in [5, 5.41) is 7.43. The molecular weight excluding hydrogens is 218 g/mol. The maximum absolute atomic E-state index is 11.6. The number of aryl methyl sites for hydroxylation is 1. The number of aromatic nitrogens is 2. The fraction of sp³-hybridized carbons (Fsp3) is 0.667. The lowest BCUT2D eigenvalue weighted by Gasteiger charge is -2.15. The van der Waals surface area contributed by atoms with E-state index in [4.69, 9.17) is 4.74 Å². The molecule has 1 N–H and O–H groups in total. The van der Waals surface area contributed by atoms with Crippen LogP contribution in [0.25, 0.3) is 0 Å². The molecule has 0 amide bonds. The highest BCUT2D eigenvalue weighted by Crippen LogP contribution is 2.02. The molecule has 0 saturated carbocycles. The number of carbonyl (C=O) groups excluding carboxylic acids is 1. The molecule has 17 heavy (non-hydrogen) atoms. The Kier molecular flexibility index (Phi) is 5.69. The van der Waals surface area contributed by atoms with Crippen LogP contribution in [0.15, 0.2) is 12.3 Å². The molecule has 0 saturated heterocycles. The Morgan fingerprint density at radius 2 is 2.35 bits per heavy atom. The van der Waals surface area contributed by atoms with Crippen molar-refractivity contribution in [3.63, 3.8) is 0 Å². The normalized spacial score (nSPS) is 12.4. The van der Waals surface area contributed by atoms with Crippen LogP contribution < -0.4 is 5.32 Å². The minimum absolute atomic E-state index is 0.176. The average Bonchev–Trinajstić information content (AvgIpc) is 2.70. The van der Waals surface area contributed by atoms with Crippen molar-refractivity contribution in [1.82, 2.24) is 15.1 Å². The average molecular weight is 239 g/mol. The lowest BCUT2D eigenvalue weighted by atomic mass is 10.1. The van der Waals surface area contributed by atoms with E-state index in [1.165, 1.54) is 0 Å². The summed E-state index contributed by atoms with van der Waals surface area (Å²) in [6.07, 6.45) is 3.61. The highest BCUT2D eigenvalue weighted by Gasteiger charge is 2.18. The predicted molar refractivity (Wildman–Crippen MR) is 65.4 cm³/mol. The summed E-state index contributed by atoms with van der Waals surface area (Å²) < 4.78 is 6.77. The Hall–Kier alpha value is -1.36. The maximum Gasteiger partial charge on any atom is 0.323 e. The molecule has 1 atom stereocenters. The summed E-state index contributed by atoms with van der Waals surface area (Å²) in [6, 6.07) is 1.70. The number of ether oxygens (including phenoxy) is 1. The van der Waals surface area contributed by atoms with Gasteiger partial charge >= 0.3 is 5.97 Å². The first kappa shape index (κ1) is 13.7. The number of rotatable bonds is 7. The van der Waals surface area contributed by atoms with Crippen molar-refractivity contribution in [2.24, 2.45) is 7.05 Å². The third-order valence-corrected chi connectivity index (χ3v) is 2.45. The molecular formula is C12H21N3O2. The highest BCUT2D eigenvalue weighted by atomic mass is 16.5. The predicted octanol–water partition coefficient (Wildman–Crippen LogP) is 1.24. The Labute approximate surface area is 102 Å². The topological polar surface area (TPSA) is 56.2 Å². The summed E-state index contributed by atoms with van der Waals surface area (Å²) in [4.78, 5) is 11.6. The van der Waals surface area contributed by atoms with Crippen molar-refractivity contribution < 1.29 is 9.53 Å². The van der Waals surface area contributed by atoms with Gasteiger partial charge in [0.25, 0.3) is 0 Å². The molecule has 0 radical (unpaired) electrons. The summed E-state index contributed by atoms with van der Waals surface area (Å²) >= 11 is 0. The van der Waals surface area contributed by atoms with Gasteiger partial charge < -0.3 is 4.74 Å². The second-order valence-electron chi connectivity index (χ2n) is 3.95. The van der Waals surface area contributed by atoms with E-state index in [9.17, 15) is 4.79 Å². The lowest BCUT2D eigenvalue weighted by molar-refractivity contribution is -0.145. The minimum Gasteiger partial charge on any atom is -0.465 e. The summed E-state index contributed by atoms with van der Waals surface area (Å²) in [7, 11) is 1.87. The third-order valence-electron chi connectivity index (χ3n) is 2.45. The lowest BCUT2D eigenvalue weighted by Crippen LogP contribution is -2.37. The van der Waals surface area contributed by atoms with E-state index in [1.807, 2.05) is 26.2 Å². The van der Waals surface area contributed by atoms with E-state index in [2.05, 4.69) is 17.3 Å². The van der Waals surface area contributed by atoms with Crippen LogP contribution >= 0.6 is 0 Å². The van der Waals surface area contributed by atoms with Crippen LogP contribution in [0.4, 0.5) is 0 Å². The molecule has 0 aliphatic rings. The second-order valence-corrected chi connectivity index (χ2v) is 3.95. The maximum atomic E-state index is 11.6. The molecule has 1 unspecified atom stereocenters. The number of nitrogens with zero attached hydrogens (tertiary/aromatic N) is 2. The van der Waals surface area contributed by atoms with Crippen molar-refractivity contribution in [2.75, 3.05) is 6.61 Å². The quantitative estimate of drug-likeness (QED) is 0.727. The SMILES string of the molecule is CCCC(NCc1ccn(C)n1)C(=O)OCC. The Morgan fingerprint density at radius 3 is 2.88 bits per heavy atom. The molecule has 1 aromatic rings. The molecule has 96 valence electrons. The van der Waals surface area contributed by atoms with Gasteiger partial charge in [0.15, 0.2) is 0 Å².